The van der Waals surface area contributed by atoms with Crippen LogP contribution in [0.2, 0.25) is 0 Å². The SMILES string of the molecule is Br.CC[N+](C)(CC)CCO.O=C([O-])C(c1ccccc1)c1ccccc1. The van der Waals surface area contributed by atoms with Gasteiger partial charge in [-0.3, -0.25) is 0 Å². The Morgan fingerprint density at radius 3 is 1.58 bits per heavy atom. The Kier molecular flexibility index (Phi) is 11.8. The minimum atomic E-state index is -1.07. The van der Waals surface area contributed by atoms with Gasteiger partial charge < -0.3 is 19.5 Å². The molecule has 0 heterocycles. The van der Waals surface area contributed by atoms with Crippen LogP contribution in [0.4, 0.5) is 0 Å². The molecule has 0 saturated heterocycles. The molecule has 1 N–H and O–H groups in total. The summed E-state index contributed by atoms with van der Waals surface area (Å²) in [5, 5.41) is 19.8. The molecule has 2 aromatic rings. The van der Waals surface area contributed by atoms with Crippen LogP contribution in [0.3, 0.4) is 0 Å². The van der Waals surface area contributed by atoms with Crippen molar-refractivity contribution < 1.29 is 19.5 Å². The zero-order valence-corrected chi connectivity index (χ0v) is 17.5. The Morgan fingerprint density at radius 2 is 1.35 bits per heavy atom. The number of likely N-dealkylation sites (N-methyl/N-ethyl adjacent to an activating group) is 1. The van der Waals surface area contributed by atoms with E-state index >= 15 is 0 Å². The number of hydrogen-bond acceptors (Lipinski definition) is 3. The first-order chi connectivity index (χ1) is 12.0. The Bertz CT molecular complexity index is 576. The molecule has 0 radical (unpaired) electrons. The van der Waals surface area contributed by atoms with Crippen molar-refractivity contribution in [2.75, 3.05) is 33.3 Å². The number of aliphatic hydroxyl groups is 1. The van der Waals surface area contributed by atoms with Crippen molar-refractivity contribution >= 4 is 23.0 Å². The Hall–Kier alpha value is -1.69. The van der Waals surface area contributed by atoms with Crippen LogP contribution in [0.15, 0.2) is 60.7 Å². The molecule has 2 aromatic carbocycles. The lowest BCUT2D eigenvalue weighted by Gasteiger charge is -2.31. The van der Waals surface area contributed by atoms with Crippen LogP contribution in [-0.4, -0.2) is 48.8 Å². The number of halogens is 1. The highest BCUT2D eigenvalue weighted by atomic mass is 79.9. The van der Waals surface area contributed by atoms with Gasteiger partial charge in [-0.25, -0.2) is 0 Å². The van der Waals surface area contributed by atoms with Crippen LogP contribution in [0.1, 0.15) is 30.9 Å². The highest BCUT2D eigenvalue weighted by molar-refractivity contribution is 8.93. The third-order valence-electron chi connectivity index (χ3n) is 4.67. The van der Waals surface area contributed by atoms with Gasteiger partial charge in [-0.2, -0.15) is 0 Å². The van der Waals surface area contributed by atoms with Gasteiger partial charge in [0.05, 0.1) is 32.7 Å². The summed E-state index contributed by atoms with van der Waals surface area (Å²) in [4.78, 5) is 11.2. The van der Waals surface area contributed by atoms with Crippen LogP contribution in [-0.2, 0) is 4.79 Å². The smallest absolute Gasteiger partial charge is 0.102 e. The van der Waals surface area contributed by atoms with E-state index in [0.717, 1.165) is 35.2 Å². The third kappa shape index (κ3) is 7.68. The molecule has 0 bridgehead atoms. The van der Waals surface area contributed by atoms with E-state index in [4.69, 9.17) is 5.11 Å². The summed E-state index contributed by atoms with van der Waals surface area (Å²) in [7, 11) is 2.16. The first-order valence-corrected chi connectivity index (χ1v) is 8.72. The molecule has 0 spiro atoms. The normalized spacial score (nSPS) is 10.5. The molecule has 2 rings (SSSR count). The standard InChI is InChI=1S/C14H12O2.C7H18NO.BrH/c15-14(16)13(11-7-3-1-4-8-11)12-9-5-2-6-10-12;1-4-8(3,5-2)6-7-9;/h1-10,13H,(H,15,16);9H,4-7H2,1-3H3;1H/q;+1;/p-1. The molecule has 0 amide bonds. The molecule has 0 unspecified atom stereocenters. The number of aliphatic hydroxyl groups excluding tert-OH is 1. The van der Waals surface area contributed by atoms with Crippen LogP contribution < -0.4 is 5.11 Å². The maximum Gasteiger partial charge on any atom is 0.102 e. The van der Waals surface area contributed by atoms with E-state index in [1.54, 1.807) is 24.3 Å². The Morgan fingerprint density at radius 1 is 0.962 bits per heavy atom. The van der Waals surface area contributed by atoms with E-state index < -0.39 is 11.9 Å². The summed E-state index contributed by atoms with van der Waals surface area (Å²) < 4.78 is 0.983. The number of quaternary nitrogens is 1. The van der Waals surface area contributed by atoms with E-state index in [0.29, 0.717) is 6.61 Å². The van der Waals surface area contributed by atoms with Gasteiger partial charge in [0.15, 0.2) is 0 Å². The predicted molar refractivity (Wildman–Crippen MR) is 109 cm³/mol. The molecule has 4 nitrogen and oxygen atoms in total. The third-order valence-corrected chi connectivity index (χ3v) is 4.67. The number of carbonyl (C=O) groups excluding carboxylic acids is 1. The van der Waals surface area contributed by atoms with Crippen molar-refractivity contribution in [2.45, 2.75) is 19.8 Å². The molecule has 0 saturated carbocycles. The fourth-order valence-corrected chi connectivity index (χ4v) is 2.54. The van der Waals surface area contributed by atoms with Gasteiger partial charge >= 0.3 is 0 Å². The second-order valence-corrected chi connectivity index (χ2v) is 6.27. The fraction of sp³-hybridized carbons (Fsp3) is 0.381. The predicted octanol–water partition coefficient (Wildman–Crippen LogP) is 2.61. The lowest BCUT2D eigenvalue weighted by atomic mass is 9.92. The average molecular weight is 424 g/mol. The summed E-state index contributed by atoms with van der Waals surface area (Å²) in [5.74, 6) is -1.76. The maximum absolute atomic E-state index is 11.2. The lowest BCUT2D eigenvalue weighted by molar-refractivity contribution is -0.906. The van der Waals surface area contributed by atoms with Crippen LogP contribution in [0.25, 0.3) is 0 Å². The lowest BCUT2D eigenvalue weighted by Crippen LogP contribution is -2.45. The summed E-state index contributed by atoms with van der Waals surface area (Å²) >= 11 is 0. The molecule has 5 heteroatoms. The minimum Gasteiger partial charge on any atom is -0.549 e. The van der Waals surface area contributed by atoms with Crippen LogP contribution >= 0.6 is 17.0 Å². The summed E-state index contributed by atoms with van der Waals surface area (Å²) in [5.41, 5.74) is 1.49. The van der Waals surface area contributed by atoms with Crippen molar-refractivity contribution in [3.63, 3.8) is 0 Å². The van der Waals surface area contributed by atoms with Gasteiger partial charge in [0.25, 0.3) is 0 Å². The van der Waals surface area contributed by atoms with E-state index in [2.05, 4.69) is 20.9 Å². The second-order valence-electron chi connectivity index (χ2n) is 6.27. The molecule has 26 heavy (non-hydrogen) atoms. The quantitative estimate of drug-likeness (QED) is 0.696. The molecular weight excluding hydrogens is 394 g/mol. The zero-order valence-electron chi connectivity index (χ0n) is 15.8. The number of hydrogen-bond donors (Lipinski definition) is 1. The van der Waals surface area contributed by atoms with Crippen molar-refractivity contribution in [3.05, 3.63) is 71.8 Å². The number of carboxylic acid groups (broad SMARTS) is 1. The van der Waals surface area contributed by atoms with Gasteiger partial charge in [-0.1, -0.05) is 60.7 Å². The highest BCUT2D eigenvalue weighted by Crippen LogP contribution is 2.23. The average Bonchev–Trinajstić information content (AvgIpc) is 2.64. The number of aliphatic carboxylic acids is 1. The molecule has 0 aliphatic carbocycles. The van der Waals surface area contributed by atoms with Crippen molar-refractivity contribution in [3.8, 4) is 0 Å². The maximum atomic E-state index is 11.2. The molecule has 0 atom stereocenters. The summed E-state index contributed by atoms with van der Waals surface area (Å²) in [6, 6.07) is 18.2. The number of nitrogens with zero attached hydrogens (tertiary/aromatic N) is 1. The van der Waals surface area contributed by atoms with Crippen molar-refractivity contribution in [1.29, 1.82) is 0 Å². The molecule has 0 aromatic heterocycles. The fourth-order valence-electron chi connectivity index (χ4n) is 2.54. The number of rotatable bonds is 7. The minimum absolute atomic E-state index is 0. The van der Waals surface area contributed by atoms with Crippen molar-refractivity contribution in [1.82, 2.24) is 0 Å². The van der Waals surface area contributed by atoms with E-state index in [1.165, 1.54) is 0 Å². The zero-order chi connectivity index (χ0) is 18.7. The Balaban J connectivity index is 0.000000543. The number of benzene rings is 2. The molecule has 0 aliphatic rings. The van der Waals surface area contributed by atoms with Gasteiger partial charge in [-0.15, -0.1) is 17.0 Å². The first-order valence-electron chi connectivity index (χ1n) is 8.72. The summed E-state index contributed by atoms with van der Waals surface area (Å²) in [6.07, 6.45) is 0. The van der Waals surface area contributed by atoms with Gasteiger partial charge in [0.1, 0.15) is 6.54 Å². The van der Waals surface area contributed by atoms with E-state index in [1.807, 2.05) is 36.4 Å². The molecular formula is C21H30BrNO3. The number of carboxylic acids is 1. The van der Waals surface area contributed by atoms with E-state index in [9.17, 15) is 9.90 Å². The second kappa shape index (κ2) is 12.6. The van der Waals surface area contributed by atoms with Gasteiger partial charge in [0, 0.05) is 5.92 Å². The molecule has 144 valence electrons. The van der Waals surface area contributed by atoms with Crippen LogP contribution in [0.5, 0.6) is 0 Å². The largest absolute Gasteiger partial charge is 0.549 e. The number of carbonyl (C=O) groups is 1. The van der Waals surface area contributed by atoms with Crippen LogP contribution in [0, 0.1) is 0 Å². The van der Waals surface area contributed by atoms with Gasteiger partial charge in [-0.05, 0) is 25.0 Å². The van der Waals surface area contributed by atoms with E-state index in [-0.39, 0.29) is 17.0 Å². The Labute approximate surface area is 167 Å². The monoisotopic (exact) mass is 423 g/mol. The van der Waals surface area contributed by atoms with Gasteiger partial charge in [0.2, 0.25) is 0 Å². The summed E-state index contributed by atoms with van der Waals surface area (Å²) in [6.45, 7) is 7.71. The topological polar surface area (TPSA) is 60.4 Å². The highest BCUT2D eigenvalue weighted by Gasteiger charge is 2.14. The van der Waals surface area contributed by atoms with Crippen molar-refractivity contribution in [2.24, 2.45) is 0 Å². The molecule has 0 aliphatic heterocycles. The molecule has 0 fully saturated rings. The first kappa shape index (κ1) is 24.3.